The lowest BCUT2D eigenvalue weighted by atomic mass is 9.91. The van der Waals surface area contributed by atoms with Crippen molar-refractivity contribution in [3.05, 3.63) is 0 Å². The normalized spacial score (nSPS) is 41.0. The SMILES string of the molecule is C=P(O)(O)O[C@H]1O[C@H](CO)[C@@H](O)[C@H](C)[C@@H]1O. The minimum atomic E-state index is -3.80. The monoisotopic (exact) mass is 256 g/mol. The first-order chi connectivity index (χ1) is 7.26. The second kappa shape index (κ2) is 5.12. The lowest BCUT2D eigenvalue weighted by Crippen LogP contribution is -2.54. The molecule has 5 N–H and O–H groups in total. The van der Waals surface area contributed by atoms with Crippen molar-refractivity contribution in [1.29, 1.82) is 0 Å². The van der Waals surface area contributed by atoms with Gasteiger partial charge in [-0.15, -0.1) is 0 Å². The fourth-order valence-electron chi connectivity index (χ4n) is 1.53. The van der Waals surface area contributed by atoms with Gasteiger partial charge in [-0.05, 0) is 6.30 Å². The van der Waals surface area contributed by atoms with Crippen LogP contribution in [0.3, 0.4) is 0 Å². The highest BCUT2D eigenvalue weighted by atomic mass is 31.2. The van der Waals surface area contributed by atoms with Crippen LogP contribution < -0.4 is 0 Å². The number of aliphatic hydroxyl groups is 3. The maximum absolute atomic E-state index is 9.66. The van der Waals surface area contributed by atoms with Crippen LogP contribution >= 0.6 is 7.57 Å². The molecule has 0 aliphatic carbocycles. The Balaban J connectivity index is 2.75. The molecule has 8 heteroatoms. The van der Waals surface area contributed by atoms with Gasteiger partial charge in [-0.1, -0.05) is 6.92 Å². The number of ether oxygens (including phenoxy) is 1. The van der Waals surface area contributed by atoms with E-state index in [4.69, 9.17) is 19.6 Å². The minimum absolute atomic E-state index is 0.461. The van der Waals surface area contributed by atoms with Crippen LogP contribution in [-0.2, 0) is 9.26 Å². The predicted octanol–water partition coefficient (Wildman–Crippen LogP) is -1.74. The van der Waals surface area contributed by atoms with E-state index in [1.54, 1.807) is 0 Å². The molecule has 16 heavy (non-hydrogen) atoms. The molecule has 0 unspecified atom stereocenters. The third-order valence-corrected chi connectivity index (χ3v) is 3.04. The smallest absolute Gasteiger partial charge is 0.247 e. The van der Waals surface area contributed by atoms with E-state index in [0.29, 0.717) is 0 Å². The van der Waals surface area contributed by atoms with Gasteiger partial charge < -0.3 is 29.8 Å². The zero-order valence-electron chi connectivity index (χ0n) is 8.80. The fourth-order valence-corrected chi connectivity index (χ4v) is 2.03. The summed E-state index contributed by atoms with van der Waals surface area (Å²) in [5.41, 5.74) is 0. The fraction of sp³-hybridized carbons (Fsp3) is 0.875. The van der Waals surface area contributed by atoms with Gasteiger partial charge in [-0.3, -0.25) is 4.52 Å². The average Bonchev–Trinajstić information content (AvgIpc) is 2.17. The molecule has 1 fully saturated rings. The van der Waals surface area contributed by atoms with Gasteiger partial charge in [0.05, 0.1) is 12.7 Å². The van der Waals surface area contributed by atoms with E-state index in [9.17, 15) is 10.2 Å². The Morgan fingerprint density at radius 2 is 1.88 bits per heavy atom. The molecule has 0 radical (unpaired) electrons. The second-order valence-corrected chi connectivity index (χ2v) is 5.38. The quantitative estimate of drug-likeness (QED) is 0.380. The third kappa shape index (κ3) is 3.26. The van der Waals surface area contributed by atoms with Crippen LogP contribution in [0.2, 0.25) is 0 Å². The summed E-state index contributed by atoms with van der Waals surface area (Å²) in [5, 5.41) is 28.2. The van der Waals surface area contributed by atoms with Crippen molar-refractivity contribution < 1.29 is 34.4 Å². The summed E-state index contributed by atoms with van der Waals surface area (Å²) < 4.78 is 9.66. The lowest BCUT2D eigenvalue weighted by molar-refractivity contribution is -0.262. The highest BCUT2D eigenvalue weighted by Crippen LogP contribution is 2.40. The molecule has 1 heterocycles. The van der Waals surface area contributed by atoms with Crippen molar-refractivity contribution >= 4 is 13.9 Å². The van der Waals surface area contributed by atoms with E-state index < -0.39 is 44.7 Å². The summed E-state index contributed by atoms with van der Waals surface area (Å²) in [7, 11) is -3.80. The molecule has 96 valence electrons. The van der Waals surface area contributed by atoms with E-state index in [2.05, 4.69) is 10.8 Å². The van der Waals surface area contributed by atoms with E-state index in [0.717, 1.165) is 0 Å². The van der Waals surface area contributed by atoms with Gasteiger partial charge in [-0.25, -0.2) is 0 Å². The van der Waals surface area contributed by atoms with Crippen molar-refractivity contribution in [3.63, 3.8) is 0 Å². The zero-order chi connectivity index (χ0) is 12.5. The number of rotatable bonds is 3. The van der Waals surface area contributed by atoms with Gasteiger partial charge in [-0.2, -0.15) is 0 Å². The van der Waals surface area contributed by atoms with Crippen LogP contribution in [0.4, 0.5) is 0 Å². The Morgan fingerprint density at radius 3 is 2.31 bits per heavy atom. The highest BCUT2D eigenvalue weighted by molar-refractivity contribution is 7.57. The van der Waals surface area contributed by atoms with Crippen LogP contribution in [0.25, 0.3) is 0 Å². The molecule has 0 saturated carbocycles. The molecule has 0 aromatic rings. The van der Waals surface area contributed by atoms with Crippen molar-refractivity contribution in [3.8, 4) is 0 Å². The second-order valence-electron chi connectivity index (χ2n) is 3.84. The van der Waals surface area contributed by atoms with Crippen LogP contribution in [-0.4, -0.2) is 62.6 Å². The van der Waals surface area contributed by atoms with Crippen LogP contribution in [0.15, 0.2) is 0 Å². The zero-order valence-corrected chi connectivity index (χ0v) is 9.70. The molecule has 1 saturated heterocycles. The maximum atomic E-state index is 9.66. The molecule has 5 atom stereocenters. The third-order valence-electron chi connectivity index (χ3n) is 2.50. The first kappa shape index (κ1) is 14.1. The van der Waals surface area contributed by atoms with Gasteiger partial charge >= 0.3 is 0 Å². The molecule has 0 spiro atoms. The summed E-state index contributed by atoms with van der Waals surface area (Å²) in [6, 6.07) is 0. The number of hydrogen-bond donors (Lipinski definition) is 5. The minimum Gasteiger partial charge on any atom is -0.394 e. The van der Waals surface area contributed by atoms with Crippen LogP contribution in [0, 0.1) is 5.92 Å². The van der Waals surface area contributed by atoms with E-state index >= 15 is 0 Å². The molecule has 0 bridgehead atoms. The summed E-state index contributed by atoms with van der Waals surface area (Å²) in [6.07, 6.45) is -1.55. The van der Waals surface area contributed by atoms with Crippen molar-refractivity contribution in [1.82, 2.24) is 0 Å². The summed E-state index contributed by atoms with van der Waals surface area (Å²) in [4.78, 5) is 18.0. The molecule has 1 rings (SSSR count). The predicted molar refractivity (Wildman–Crippen MR) is 56.5 cm³/mol. The average molecular weight is 256 g/mol. The molecule has 0 amide bonds. The number of aliphatic hydroxyl groups excluding tert-OH is 3. The molecule has 1 aliphatic rings. The summed E-state index contributed by atoms with van der Waals surface area (Å²) >= 11 is 0. The molecule has 0 aromatic heterocycles. The van der Waals surface area contributed by atoms with E-state index in [1.165, 1.54) is 6.92 Å². The topological polar surface area (TPSA) is 120 Å². The van der Waals surface area contributed by atoms with Gasteiger partial charge in [0.25, 0.3) is 0 Å². The van der Waals surface area contributed by atoms with Crippen molar-refractivity contribution in [2.75, 3.05) is 6.61 Å². The molecule has 0 aromatic carbocycles. The Morgan fingerprint density at radius 1 is 1.31 bits per heavy atom. The van der Waals surface area contributed by atoms with Crippen molar-refractivity contribution in [2.24, 2.45) is 5.92 Å². The van der Waals surface area contributed by atoms with Crippen LogP contribution in [0.5, 0.6) is 0 Å². The summed E-state index contributed by atoms with van der Waals surface area (Å²) in [6.45, 7) is 1.08. The first-order valence-corrected chi connectivity index (χ1v) is 6.56. The Kier molecular flexibility index (Phi) is 4.50. The van der Waals surface area contributed by atoms with E-state index in [1.807, 2.05) is 0 Å². The van der Waals surface area contributed by atoms with E-state index in [-0.39, 0.29) is 0 Å². The Bertz CT molecular complexity index is 276. The van der Waals surface area contributed by atoms with Crippen molar-refractivity contribution in [2.45, 2.75) is 31.5 Å². The molecule has 1 aliphatic heterocycles. The maximum Gasteiger partial charge on any atom is 0.247 e. The lowest BCUT2D eigenvalue weighted by Gasteiger charge is -2.41. The largest absolute Gasteiger partial charge is 0.394 e. The Labute approximate surface area is 93.1 Å². The number of hydrogen-bond acceptors (Lipinski definition) is 7. The molecular formula is C8H17O7P. The highest BCUT2D eigenvalue weighted by Gasteiger charge is 2.43. The van der Waals surface area contributed by atoms with Gasteiger partial charge in [0.2, 0.25) is 7.57 Å². The van der Waals surface area contributed by atoms with Gasteiger partial charge in [0.1, 0.15) is 12.2 Å². The Hall–Kier alpha value is 0.0200. The molecule has 7 nitrogen and oxygen atoms in total. The standard InChI is InChI=1S/C8H17O7P/c1-4-6(10)5(3-9)14-8(7(4)11)15-16(2,12)13/h4-13H,2-3H2,1H3/t4-,5+,6-,7-,8+/m0/s1. The van der Waals surface area contributed by atoms with Gasteiger partial charge in [0.15, 0.2) is 6.29 Å². The van der Waals surface area contributed by atoms with Crippen LogP contribution in [0.1, 0.15) is 6.92 Å². The molecular weight excluding hydrogens is 239 g/mol. The first-order valence-electron chi connectivity index (χ1n) is 4.76. The summed E-state index contributed by atoms with van der Waals surface area (Å²) in [5.74, 6) is -0.623. The van der Waals surface area contributed by atoms with Gasteiger partial charge in [0, 0.05) is 5.92 Å².